The molecule has 1 saturated carbocycles. The molecule has 2 amide bonds. The minimum atomic E-state index is -0.985. The van der Waals surface area contributed by atoms with Crippen LogP contribution in [-0.4, -0.2) is 75.8 Å². The van der Waals surface area contributed by atoms with Crippen LogP contribution < -0.4 is 19.9 Å². The van der Waals surface area contributed by atoms with Crippen LogP contribution in [0.3, 0.4) is 0 Å². The third-order valence-corrected chi connectivity index (χ3v) is 8.85. The maximum absolute atomic E-state index is 14.1. The smallest absolute Gasteiger partial charge is 0.270 e. The van der Waals surface area contributed by atoms with Crippen LogP contribution >= 0.6 is 0 Å². The molecule has 43 heavy (non-hydrogen) atoms. The van der Waals surface area contributed by atoms with Gasteiger partial charge in [0, 0.05) is 64.0 Å². The Hall–Kier alpha value is -2.49. The maximum atomic E-state index is 14.1. The number of hydrogen-bond acceptors (Lipinski definition) is 7. The van der Waals surface area contributed by atoms with Gasteiger partial charge in [-0.2, -0.15) is 0 Å². The number of ketones is 1. The Morgan fingerprint density at radius 3 is 2.60 bits per heavy atom. The summed E-state index contributed by atoms with van der Waals surface area (Å²) in [6.07, 6.45) is 5.95. The number of hydrogen-bond donors (Lipinski definition) is 1. The van der Waals surface area contributed by atoms with Crippen LogP contribution in [0.5, 0.6) is 5.75 Å². The second-order valence-corrected chi connectivity index (χ2v) is 13.5. The highest BCUT2D eigenvalue weighted by molar-refractivity contribution is 6.04. The fraction of sp³-hybridized carbons (Fsp3) is 0.735. The molecule has 2 fully saturated rings. The molecule has 0 aromatic heterocycles. The van der Waals surface area contributed by atoms with Crippen molar-refractivity contribution in [3.63, 3.8) is 0 Å². The van der Waals surface area contributed by atoms with E-state index in [1.807, 2.05) is 30.0 Å². The molecular weight excluding hydrogens is 546 g/mol. The molecule has 1 aromatic carbocycles. The van der Waals surface area contributed by atoms with E-state index in [1.165, 1.54) is 0 Å². The van der Waals surface area contributed by atoms with E-state index in [-0.39, 0.29) is 35.5 Å². The van der Waals surface area contributed by atoms with Crippen molar-refractivity contribution in [3.8, 4) is 5.75 Å². The number of nitrogens with zero attached hydrogens (tertiary/aromatic N) is 2. The molecule has 2 aliphatic heterocycles. The van der Waals surface area contributed by atoms with Crippen molar-refractivity contribution in [2.24, 2.45) is 23.7 Å². The summed E-state index contributed by atoms with van der Waals surface area (Å²) in [4.78, 5) is 44.3. The van der Waals surface area contributed by atoms with E-state index in [1.54, 1.807) is 25.9 Å². The second kappa shape index (κ2) is 15.0. The third-order valence-electron chi connectivity index (χ3n) is 8.85. The van der Waals surface area contributed by atoms with Crippen molar-refractivity contribution in [1.82, 2.24) is 5.32 Å². The van der Waals surface area contributed by atoms with Gasteiger partial charge in [-0.3, -0.25) is 14.4 Å². The van der Waals surface area contributed by atoms with Crippen molar-refractivity contribution in [2.75, 3.05) is 56.4 Å². The van der Waals surface area contributed by atoms with Gasteiger partial charge >= 0.3 is 0 Å². The highest BCUT2D eigenvalue weighted by atomic mass is 16.5. The van der Waals surface area contributed by atoms with Gasteiger partial charge in [-0.15, -0.1) is 0 Å². The summed E-state index contributed by atoms with van der Waals surface area (Å²) in [5.74, 6) is 1.45. The van der Waals surface area contributed by atoms with Gasteiger partial charge in [0.1, 0.15) is 11.5 Å². The highest BCUT2D eigenvalue weighted by Gasteiger charge is 2.43. The normalized spacial score (nSPS) is 22.2. The first-order valence-electron chi connectivity index (χ1n) is 16.3. The van der Waals surface area contributed by atoms with Crippen molar-refractivity contribution < 1.29 is 28.6 Å². The van der Waals surface area contributed by atoms with Crippen LogP contribution in [0.25, 0.3) is 0 Å². The van der Waals surface area contributed by atoms with Gasteiger partial charge in [-0.05, 0) is 89.3 Å². The topological polar surface area (TPSA) is 97.4 Å². The number of benzene rings is 1. The largest absolute Gasteiger partial charge is 0.476 e. The Labute approximate surface area is 258 Å². The predicted octanol–water partition coefficient (Wildman–Crippen LogP) is 5.00. The summed E-state index contributed by atoms with van der Waals surface area (Å²) < 4.78 is 17.1. The lowest BCUT2D eigenvalue weighted by molar-refractivity contribution is -0.133. The lowest BCUT2D eigenvalue weighted by Crippen LogP contribution is -2.53. The van der Waals surface area contributed by atoms with Crippen molar-refractivity contribution in [3.05, 3.63) is 18.2 Å². The number of piperidine rings is 1. The van der Waals surface area contributed by atoms with Gasteiger partial charge < -0.3 is 29.3 Å². The number of fused-ring (bicyclic) bond motifs is 1. The Balaban J connectivity index is 1.44. The zero-order chi connectivity index (χ0) is 31.1. The Morgan fingerprint density at radius 1 is 1.19 bits per heavy atom. The zero-order valence-corrected chi connectivity index (χ0v) is 27.2. The van der Waals surface area contributed by atoms with Gasteiger partial charge in [0.05, 0.1) is 18.2 Å². The van der Waals surface area contributed by atoms with Crippen LogP contribution in [0, 0.1) is 23.7 Å². The quantitative estimate of drug-likeness (QED) is 0.267. The molecule has 3 aliphatic rings. The first kappa shape index (κ1) is 33.4. The number of amides is 2. The van der Waals surface area contributed by atoms with Gasteiger partial charge in [0.15, 0.2) is 5.60 Å². The van der Waals surface area contributed by atoms with Crippen LogP contribution in [0.1, 0.15) is 79.6 Å². The number of nitrogens with one attached hydrogen (secondary N) is 1. The molecular formula is C34H53N3O6. The zero-order valence-electron chi connectivity index (χ0n) is 27.2. The minimum absolute atomic E-state index is 0.0498. The second-order valence-electron chi connectivity index (χ2n) is 13.5. The van der Waals surface area contributed by atoms with E-state index in [4.69, 9.17) is 14.2 Å². The van der Waals surface area contributed by atoms with Crippen molar-refractivity contribution >= 4 is 29.0 Å². The molecule has 1 aromatic rings. The van der Waals surface area contributed by atoms with E-state index in [0.29, 0.717) is 69.0 Å². The number of rotatable bonds is 16. The first-order chi connectivity index (χ1) is 20.6. The average molecular weight is 600 g/mol. The van der Waals surface area contributed by atoms with Crippen LogP contribution in [0.15, 0.2) is 18.2 Å². The number of Topliss-reactive ketones (excluding diaryl/α,β-unsaturated/α-hetero) is 1. The molecule has 0 radical (unpaired) electrons. The third kappa shape index (κ3) is 8.58. The molecule has 0 spiro atoms. The Bertz CT molecular complexity index is 1120. The maximum Gasteiger partial charge on any atom is 0.270 e. The molecule has 4 rings (SSSR count). The Kier molecular flexibility index (Phi) is 11.6. The summed E-state index contributed by atoms with van der Waals surface area (Å²) in [5.41, 5.74) is 0.451. The van der Waals surface area contributed by atoms with Gasteiger partial charge in [-0.25, -0.2) is 0 Å². The van der Waals surface area contributed by atoms with E-state index < -0.39 is 5.60 Å². The number of anilines is 2. The van der Waals surface area contributed by atoms with Crippen molar-refractivity contribution in [2.45, 2.75) is 91.2 Å². The molecule has 1 saturated heterocycles. The average Bonchev–Trinajstić information content (AvgIpc) is 3.80. The Morgan fingerprint density at radius 2 is 1.93 bits per heavy atom. The van der Waals surface area contributed by atoms with E-state index in [0.717, 1.165) is 44.4 Å². The molecule has 2 heterocycles. The molecule has 1 aliphatic carbocycles. The van der Waals surface area contributed by atoms with Crippen molar-refractivity contribution in [1.29, 1.82) is 0 Å². The molecule has 240 valence electrons. The predicted molar refractivity (Wildman–Crippen MR) is 169 cm³/mol. The molecule has 9 nitrogen and oxygen atoms in total. The summed E-state index contributed by atoms with van der Waals surface area (Å²) in [6.45, 7) is 13.3. The SMILES string of the molecule is CCOCCN1C(=O)C(C)(C)Oc2ccc(N(C(=O)[C@H]3CNC[C@@H](C(=O)CCC[C@@H](COC)CC(C)C)C3)C3CC3)cc21. The fourth-order valence-electron chi connectivity index (χ4n) is 6.59. The van der Waals surface area contributed by atoms with Crippen LogP contribution in [-0.2, 0) is 23.9 Å². The lowest BCUT2D eigenvalue weighted by atomic mass is 9.84. The summed E-state index contributed by atoms with van der Waals surface area (Å²) >= 11 is 0. The van der Waals surface area contributed by atoms with Crippen LogP contribution in [0.2, 0.25) is 0 Å². The van der Waals surface area contributed by atoms with Crippen LogP contribution in [0.4, 0.5) is 11.4 Å². The molecule has 0 unspecified atom stereocenters. The summed E-state index contributed by atoms with van der Waals surface area (Å²) in [6, 6.07) is 5.84. The standard InChI is InChI=1S/C34H53N3O6/c1-7-42-16-15-36-29-19-28(13-14-31(29)43-34(4,5)33(36)40)37(27-11-12-27)32(39)26-18-25(20-35-21-26)30(38)10-8-9-24(22-41-6)17-23(2)3/h13-14,19,23-27,35H,7-12,15-18,20-22H2,1-6H3/t24-,25+,26-/m1/s1. The monoisotopic (exact) mass is 599 g/mol. The number of methoxy groups -OCH3 is 1. The molecule has 0 bridgehead atoms. The summed E-state index contributed by atoms with van der Waals surface area (Å²) in [7, 11) is 1.74. The van der Waals surface area contributed by atoms with Gasteiger partial charge in [-0.1, -0.05) is 13.8 Å². The first-order valence-corrected chi connectivity index (χ1v) is 16.3. The fourth-order valence-corrected chi connectivity index (χ4v) is 6.59. The number of ether oxygens (including phenoxy) is 3. The molecule has 3 atom stereocenters. The van der Waals surface area contributed by atoms with E-state index in [2.05, 4.69) is 19.2 Å². The number of carbonyl (C=O) groups is 3. The van der Waals surface area contributed by atoms with E-state index in [9.17, 15) is 14.4 Å². The van der Waals surface area contributed by atoms with E-state index >= 15 is 0 Å². The van der Waals surface area contributed by atoms with Gasteiger partial charge in [0.25, 0.3) is 5.91 Å². The minimum Gasteiger partial charge on any atom is -0.476 e. The highest BCUT2D eigenvalue weighted by Crippen LogP contribution is 2.43. The number of carbonyl (C=O) groups excluding carboxylic acids is 3. The molecule has 9 heteroatoms. The lowest BCUT2D eigenvalue weighted by Gasteiger charge is -2.39. The van der Waals surface area contributed by atoms with Gasteiger partial charge in [0.2, 0.25) is 5.91 Å². The summed E-state index contributed by atoms with van der Waals surface area (Å²) in [5, 5.41) is 3.38. The molecule has 1 N–H and O–H groups in total.